The number of aliphatic hydroxyl groups is 2. The van der Waals surface area contributed by atoms with E-state index in [0.29, 0.717) is 0 Å². The molecular formula is C21H28O2. The largest absolute Gasteiger partial charge is 0.396 e. The fourth-order valence-corrected chi connectivity index (χ4v) is 3.12. The monoisotopic (exact) mass is 312 g/mol. The van der Waals surface area contributed by atoms with Gasteiger partial charge in [0, 0.05) is 5.41 Å². The van der Waals surface area contributed by atoms with Gasteiger partial charge in [-0.3, -0.25) is 0 Å². The van der Waals surface area contributed by atoms with Gasteiger partial charge in [0.15, 0.2) is 0 Å². The van der Waals surface area contributed by atoms with Crippen molar-refractivity contribution in [1.82, 2.24) is 0 Å². The van der Waals surface area contributed by atoms with Gasteiger partial charge in [0.1, 0.15) is 0 Å². The Morgan fingerprint density at radius 3 is 1.35 bits per heavy atom. The van der Waals surface area contributed by atoms with E-state index in [1.165, 1.54) is 11.1 Å². The summed E-state index contributed by atoms with van der Waals surface area (Å²) in [4.78, 5) is 0. The van der Waals surface area contributed by atoms with Crippen LogP contribution in [0.15, 0.2) is 60.7 Å². The molecule has 0 aliphatic heterocycles. The van der Waals surface area contributed by atoms with Crippen LogP contribution >= 0.6 is 0 Å². The maximum absolute atomic E-state index is 9.81. The van der Waals surface area contributed by atoms with Gasteiger partial charge in [-0.25, -0.2) is 0 Å². The first-order valence-corrected chi connectivity index (χ1v) is 8.58. The third kappa shape index (κ3) is 5.81. The summed E-state index contributed by atoms with van der Waals surface area (Å²) in [5, 5.41) is 19.6. The topological polar surface area (TPSA) is 40.5 Å². The van der Waals surface area contributed by atoms with Crippen LogP contribution < -0.4 is 0 Å². The Morgan fingerprint density at radius 1 is 0.609 bits per heavy atom. The molecule has 0 spiro atoms. The van der Waals surface area contributed by atoms with Crippen LogP contribution in [0.25, 0.3) is 0 Å². The van der Waals surface area contributed by atoms with Gasteiger partial charge < -0.3 is 10.2 Å². The molecule has 23 heavy (non-hydrogen) atoms. The summed E-state index contributed by atoms with van der Waals surface area (Å²) in [5.74, 6) is 0. The zero-order valence-corrected chi connectivity index (χ0v) is 13.8. The van der Waals surface area contributed by atoms with Gasteiger partial charge in [-0.1, -0.05) is 60.7 Å². The zero-order chi connectivity index (χ0) is 16.4. The zero-order valence-electron chi connectivity index (χ0n) is 13.8. The summed E-state index contributed by atoms with van der Waals surface area (Å²) in [7, 11) is 0. The first-order chi connectivity index (χ1) is 11.3. The van der Waals surface area contributed by atoms with Crippen LogP contribution in [0.1, 0.15) is 36.8 Å². The van der Waals surface area contributed by atoms with Crippen molar-refractivity contribution < 1.29 is 10.2 Å². The third-order valence-corrected chi connectivity index (χ3v) is 4.70. The molecule has 0 heterocycles. The van der Waals surface area contributed by atoms with Gasteiger partial charge in [0.2, 0.25) is 0 Å². The summed E-state index contributed by atoms with van der Waals surface area (Å²) in [5.41, 5.74) is 2.30. The lowest BCUT2D eigenvalue weighted by atomic mass is 9.79. The number of benzene rings is 2. The van der Waals surface area contributed by atoms with E-state index in [1.807, 2.05) is 12.1 Å². The van der Waals surface area contributed by atoms with E-state index in [1.54, 1.807) is 0 Å². The standard InChI is InChI=1S/C21H28O2/c22-17-21(18-23,15-7-13-19-9-3-1-4-10-19)16-8-14-20-11-5-2-6-12-20/h1-6,9-12,22-23H,7-8,13-18H2. The summed E-state index contributed by atoms with van der Waals surface area (Å²) in [6.07, 6.45) is 5.73. The lowest BCUT2D eigenvalue weighted by Gasteiger charge is -2.30. The fourth-order valence-electron chi connectivity index (χ4n) is 3.12. The predicted octanol–water partition coefficient (Wildman–Crippen LogP) is 4.00. The molecule has 2 heteroatoms. The SMILES string of the molecule is OCC(CO)(CCCc1ccccc1)CCCc1ccccc1. The van der Waals surface area contributed by atoms with Gasteiger partial charge in [0.25, 0.3) is 0 Å². The molecule has 0 bridgehead atoms. The Labute approximate surface area is 139 Å². The molecule has 0 radical (unpaired) electrons. The maximum Gasteiger partial charge on any atom is 0.0509 e. The average Bonchev–Trinajstić information content (AvgIpc) is 2.62. The summed E-state index contributed by atoms with van der Waals surface area (Å²) in [6, 6.07) is 20.8. The molecule has 2 aromatic rings. The minimum absolute atomic E-state index is 0.0626. The molecule has 2 nitrogen and oxygen atoms in total. The van der Waals surface area contributed by atoms with Gasteiger partial charge in [0.05, 0.1) is 13.2 Å². The van der Waals surface area contributed by atoms with Crippen molar-refractivity contribution in [2.75, 3.05) is 13.2 Å². The highest BCUT2D eigenvalue weighted by Crippen LogP contribution is 2.30. The first kappa shape index (κ1) is 17.7. The van der Waals surface area contributed by atoms with E-state index >= 15 is 0 Å². The van der Waals surface area contributed by atoms with Crippen molar-refractivity contribution in [2.45, 2.75) is 38.5 Å². The van der Waals surface area contributed by atoms with Crippen LogP contribution in [0, 0.1) is 5.41 Å². The van der Waals surface area contributed by atoms with Crippen LogP contribution in [-0.4, -0.2) is 23.4 Å². The van der Waals surface area contributed by atoms with E-state index in [-0.39, 0.29) is 18.6 Å². The third-order valence-electron chi connectivity index (χ3n) is 4.70. The minimum atomic E-state index is -0.344. The van der Waals surface area contributed by atoms with Gasteiger partial charge in [-0.05, 0) is 49.7 Å². The van der Waals surface area contributed by atoms with Crippen molar-refractivity contribution in [2.24, 2.45) is 5.41 Å². The van der Waals surface area contributed by atoms with Gasteiger partial charge in [-0.15, -0.1) is 0 Å². The normalized spacial score (nSPS) is 11.6. The summed E-state index contributed by atoms with van der Waals surface area (Å²) < 4.78 is 0. The highest BCUT2D eigenvalue weighted by molar-refractivity contribution is 5.15. The van der Waals surface area contributed by atoms with Gasteiger partial charge >= 0.3 is 0 Å². The average molecular weight is 312 g/mol. The van der Waals surface area contributed by atoms with Crippen molar-refractivity contribution in [1.29, 1.82) is 0 Å². The highest BCUT2D eigenvalue weighted by atomic mass is 16.3. The van der Waals surface area contributed by atoms with Crippen molar-refractivity contribution in [3.05, 3.63) is 71.8 Å². The van der Waals surface area contributed by atoms with Gasteiger partial charge in [-0.2, -0.15) is 0 Å². The second-order valence-electron chi connectivity index (χ2n) is 6.49. The molecular weight excluding hydrogens is 284 g/mol. The Bertz CT molecular complexity index is 485. The molecule has 2 rings (SSSR count). The summed E-state index contributed by atoms with van der Waals surface area (Å²) in [6.45, 7) is 0.125. The van der Waals surface area contributed by atoms with E-state index in [4.69, 9.17) is 0 Å². The minimum Gasteiger partial charge on any atom is -0.396 e. The molecule has 2 aromatic carbocycles. The Morgan fingerprint density at radius 2 is 1.00 bits per heavy atom. The Kier molecular flexibility index (Phi) is 7.31. The maximum atomic E-state index is 9.81. The Hall–Kier alpha value is -1.64. The molecule has 0 atom stereocenters. The van der Waals surface area contributed by atoms with Crippen molar-refractivity contribution in [3.63, 3.8) is 0 Å². The Balaban J connectivity index is 1.80. The molecule has 2 N–H and O–H groups in total. The number of aliphatic hydroxyl groups excluding tert-OH is 2. The molecule has 0 saturated heterocycles. The number of hydrogen-bond acceptors (Lipinski definition) is 2. The van der Waals surface area contributed by atoms with Crippen LogP contribution in [-0.2, 0) is 12.8 Å². The number of hydrogen-bond donors (Lipinski definition) is 2. The fraction of sp³-hybridized carbons (Fsp3) is 0.429. The molecule has 0 aliphatic rings. The van der Waals surface area contributed by atoms with Crippen molar-refractivity contribution >= 4 is 0 Å². The lowest BCUT2D eigenvalue weighted by Crippen LogP contribution is -2.30. The molecule has 0 unspecified atom stereocenters. The second kappa shape index (κ2) is 9.49. The number of rotatable bonds is 10. The lowest BCUT2D eigenvalue weighted by molar-refractivity contribution is 0.0366. The van der Waals surface area contributed by atoms with Crippen LogP contribution in [0.4, 0.5) is 0 Å². The van der Waals surface area contributed by atoms with Crippen LogP contribution in [0.5, 0.6) is 0 Å². The van der Waals surface area contributed by atoms with E-state index < -0.39 is 0 Å². The smallest absolute Gasteiger partial charge is 0.0509 e. The molecule has 0 aromatic heterocycles. The van der Waals surface area contributed by atoms with Crippen LogP contribution in [0.3, 0.4) is 0 Å². The molecule has 0 saturated carbocycles. The molecule has 124 valence electrons. The molecule has 0 aliphatic carbocycles. The second-order valence-corrected chi connectivity index (χ2v) is 6.49. The molecule has 0 fully saturated rings. The van der Waals surface area contributed by atoms with Crippen molar-refractivity contribution in [3.8, 4) is 0 Å². The number of aryl methyl sites for hydroxylation is 2. The molecule has 0 amide bonds. The quantitative estimate of drug-likeness (QED) is 0.696. The van der Waals surface area contributed by atoms with E-state index in [9.17, 15) is 10.2 Å². The van der Waals surface area contributed by atoms with E-state index in [2.05, 4.69) is 48.5 Å². The van der Waals surface area contributed by atoms with Crippen LogP contribution in [0.2, 0.25) is 0 Å². The van der Waals surface area contributed by atoms with E-state index in [0.717, 1.165) is 38.5 Å². The highest BCUT2D eigenvalue weighted by Gasteiger charge is 2.27. The predicted molar refractivity (Wildman–Crippen MR) is 95.4 cm³/mol. The first-order valence-electron chi connectivity index (χ1n) is 8.58. The summed E-state index contributed by atoms with van der Waals surface area (Å²) >= 11 is 0.